The zero-order valence-electron chi connectivity index (χ0n) is 11.8. The maximum Gasteiger partial charge on any atom is 0.414 e. The third-order valence-corrected chi connectivity index (χ3v) is 3.10. The second-order valence-corrected chi connectivity index (χ2v) is 4.82. The summed E-state index contributed by atoms with van der Waals surface area (Å²) in [6.45, 7) is 5.40. The fraction of sp³-hybridized carbons (Fsp3) is 0.429. The summed E-state index contributed by atoms with van der Waals surface area (Å²) in [5.41, 5.74) is 1.20. The number of carboxylic acids is 2. The molecule has 0 aromatic heterocycles. The van der Waals surface area contributed by atoms with E-state index in [1.54, 1.807) is 0 Å². The summed E-state index contributed by atoms with van der Waals surface area (Å²) >= 11 is 0. The summed E-state index contributed by atoms with van der Waals surface area (Å²) in [5.74, 6) is -3.80. The summed E-state index contributed by atoms with van der Waals surface area (Å²) in [4.78, 5) is 22.9. The molecule has 21 heavy (non-hydrogen) atoms. The van der Waals surface area contributed by atoms with Gasteiger partial charge in [-0.25, -0.2) is 14.0 Å². The van der Waals surface area contributed by atoms with Crippen LogP contribution in [0, 0.1) is 5.82 Å². The second-order valence-electron chi connectivity index (χ2n) is 4.82. The number of carboxylic acid groups (broad SMARTS) is 2. The quantitative estimate of drug-likeness (QED) is 0.783. The summed E-state index contributed by atoms with van der Waals surface area (Å²) in [5, 5.41) is 14.8. The fourth-order valence-corrected chi connectivity index (χ4v) is 1.85. The van der Waals surface area contributed by atoms with Gasteiger partial charge in [0.1, 0.15) is 5.82 Å². The van der Waals surface area contributed by atoms with Crippen LogP contribution in [0.4, 0.5) is 4.39 Å². The number of likely N-dealkylation sites (N-methyl/N-ethyl adjacent to an activating group) is 1. The number of aliphatic carboxylic acids is 2. The van der Waals surface area contributed by atoms with E-state index in [0.29, 0.717) is 0 Å². The summed E-state index contributed by atoms with van der Waals surface area (Å²) in [6.07, 6.45) is 0. The van der Waals surface area contributed by atoms with E-state index in [4.69, 9.17) is 19.8 Å². The molecule has 2 rings (SSSR count). The molecule has 1 saturated heterocycles. The van der Waals surface area contributed by atoms with Gasteiger partial charge in [-0.2, -0.15) is 0 Å². The molecule has 0 bridgehead atoms. The topological polar surface area (TPSA) is 81.1 Å². The number of rotatable bonds is 2. The lowest BCUT2D eigenvalue weighted by atomic mass is 10.2. The van der Waals surface area contributed by atoms with Crippen molar-refractivity contribution in [2.75, 3.05) is 33.2 Å². The van der Waals surface area contributed by atoms with Crippen LogP contribution in [0.15, 0.2) is 24.3 Å². The van der Waals surface area contributed by atoms with Crippen molar-refractivity contribution in [2.45, 2.75) is 6.54 Å². The van der Waals surface area contributed by atoms with Crippen molar-refractivity contribution in [3.05, 3.63) is 35.6 Å². The highest BCUT2D eigenvalue weighted by Crippen LogP contribution is 2.08. The molecule has 1 aromatic rings. The predicted molar refractivity (Wildman–Crippen MR) is 74.4 cm³/mol. The van der Waals surface area contributed by atoms with Crippen LogP contribution in [-0.2, 0) is 16.1 Å². The molecule has 0 aliphatic carbocycles. The second kappa shape index (κ2) is 8.33. The van der Waals surface area contributed by atoms with Gasteiger partial charge < -0.3 is 15.1 Å². The number of hydrogen-bond donors (Lipinski definition) is 2. The van der Waals surface area contributed by atoms with Crippen LogP contribution >= 0.6 is 0 Å². The van der Waals surface area contributed by atoms with Gasteiger partial charge in [-0.15, -0.1) is 0 Å². The van der Waals surface area contributed by atoms with E-state index < -0.39 is 11.9 Å². The zero-order valence-corrected chi connectivity index (χ0v) is 11.8. The Labute approximate surface area is 122 Å². The first-order valence-electron chi connectivity index (χ1n) is 6.50. The highest BCUT2D eigenvalue weighted by molar-refractivity contribution is 6.27. The van der Waals surface area contributed by atoms with Crippen molar-refractivity contribution in [1.82, 2.24) is 9.80 Å². The van der Waals surface area contributed by atoms with Gasteiger partial charge in [0.05, 0.1) is 0 Å². The normalized spacial score (nSPS) is 15.9. The minimum absolute atomic E-state index is 0.155. The van der Waals surface area contributed by atoms with Crippen LogP contribution in [0.1, 0.15) is 5.56 Å². The first kappa shape index (κ1) is 17.1. The molecule has 1 aliphatic heterocycles. The van der Waals surface area contributed by atoms with Gasteiger partial charge in [-0.05, 0) is 24.7 Å². The Morgan fingerprint density at radius 3 is 1.95 bits per heavy atom. The maximum atomic E-state index is 12.7. The summed E-state index contributed by atoms with van der Waals surface area (Å²) in [7, 11) is 2.15. The van der Waals surface area contributed by atoms with E-state index in [9.17, 15) is 4.39 Å². The van der Waals surface area contributed by atoms with E-state index in [1.165, 1.54) is 17.7 Å². The van der Waals surface area contributed by atoms with Gasteiger partial charge in [0.25, 0.3) is 0 Å². The molecule has 1 fully saturated rings. The van der Waals surface area contributed by atoms with Gasteiger partial charge in [-0.3, -0.25) is 4.90 Å². The smallest absolute Gasteiger partial charge is 0.414 e. The average molecular weight is 298 g/mol. The highest BCUT2D eigenvalue weighted by Gasteiger charge is 2.13. The zero-order chi connectivity index (χ0) is 15.8. The molecule has 1 aromatic carbocycles. The number of halogens is 1. The molecule has 0 saturated carbocycles. The number of hydrogen-bond acceptors (Lipinski definition) is 4. The Hall–Kier alpha value is -1.99. The van der Waals surface area contributed by atoms with Crippen molar-refractivity contribution >= 4 is 11.9 Å². The van der Waals surface area contributed by atoms with Crippen LogP contribution in [-0.4, -0.2) is 65.2 Å². The van der Waals surface area contributed by atoms with Crippen LogP contribution in [0.2, 0.25) is 0 Å². The minimum atomic E-state index is -1.82. The molecule has 0 atom stereocenters. The van der Waals surface area contributed by atoms with Crippen molar-refractivity contribution in [3.63, 3.8) is 0 Å². The summed E-state index contributed by atoms with van der Waals surface area (Å²) in [6, 6.07) is 6.80. The standard InChI is InChI=1S/C12H17FN2.C2H2O4/c1-14-6-8-15(9-7-14)10-11-2-4-12(13)5-3-11;3-1(4)2(5)6/h2-5H,6-10H2,1H3;(H,3,4)(H,5,6). The van der Waals surface area contributed by atoms with Gasteiger partial charge in [0.2, 0.25) is 0 Å². The molecule has 0 unspecified atom stereocenters. The maximum absolute atomic E-state index is 12.7. The molecule has 1 heterocycles. The van der Waals surface area contributed by atoms with Gasteiger partial charge >= 0.3 is 11.9 Å². The van der Waals surface area contributed by atoms with E-state index in [2.05, 4.69) is 16.8 Å². The first-order chi connectivity index (χ1) is 9.88. The van der Waals surface area contributed by atoms with E-state index in [1.807, 2.05) is 12.1 Å². The average Bonchev–Trinajstić information content (AvgIpc) is 2.44. The summed E-state index contributed by atoms with van der Waals surface area (Å²) < 4.78 is 12.7. The number of benzene rings is 1. The fourth-order valence-electron chi connectivity index (χ4n) is 1.85. The number of nitrogens with zero attached hydrogens (tertiary/aromatic N) is 2. The molecule has 0 radical (unpaired) electrons. The van der Waals surface area contributed by atoms with Gasteiger partial charge in [0, 0.05) is 32.7 Å². The van der Waals surface area contributed by atoms with Crippen LogP contribution in [0.3, 0.4) is 0 Å². The Bertz CT molecular complexity index is 458. The largest absolute Gasteiger partial charge is 0.473 e. The number of carbonyl (C=O) groups is 2. The third kappa shape index (κ3) is 6.82. The van der Waals surface area contributed by atoms with Crippen molar-refractivity contribution in [1.29, 1.82) is 0 Å². The van der Waals surface area contributed by atoms with Gasteiger partial charge in [-0.1, -0.05) is 12.1 Å². The van der Waals surface area contributed by atoms with Gasteiger partial charge in [0.15, 0.2) is 0 Å². The lowest BCUT2D eigenvalue weighted by Gasteiger charge is -2.32. The molecule has 116 valence electrons. The van der Waals surface area contributed by atoms with Crippen LogP contribution in [0.25, 0.3) is 0 Å². The van der Waals surface area contributed by atoms with Crippen LogP contribution < -0.4 is 0 Å². The number of piperazine rings is 1. The third-order valence-electron chi connectivity index (χ3n) is 3.10. The van der Waals surface area contributed by atoms with E-state index in [-0.39, 0.29) is 5.82 Å². The first-order valence-corrected chi connectivity index (χ1v) is 6.50. The Kier molecular flexibility index (Phi) is 6.77. The molecule has 6 nitrogen and oxygen atoms in total. The minimum Gasteiger partial charge on any atom is -0.473 e. The Morgan fingerprint density at radius 2 is 1.52 bits per heavy atom. The predicted octanol–water partition coefficient (Wildman–Crippen LogP) is 0.729. The Balaban J connectivity index is 0.000000315. The Morgan fingerprint density at radius 1 is 1.05 bits per heavy atom. The molecular weight excluding hydrogens is 279 g/mol. The van der Waals surface area contributed by atoms with E-state index >= 15 is 0 Å². The van der Waals surface area contributed by atoms with E-state index in [0.717, 1.165) is 32.7 Å². The molecule has 7 heteroatoms. The van der Waals surface area contributed by atoms with Crippen molar-refractivity contribution < 1.29 is 24.2 Å². The molecule has 2 N–H and O–H groups in total. The molecule has 1 aliphatic rings. The molecule has 0 amide bonds. The monoisotopic (exact) mass is 298 g/mol. The van der Waals surface area contributed by atoms with Crippen LogP contribution in [0.5, 0.6) is 0 Å². The van der Waals surface area contributed by atoms with Crippen molar-refractivity contribution in [3.8, 4) is 0 Å². The lowest BCUT2D eigenvalue weighted by molar-refractivity contribution is -0.159. The van der Waals surface area contributed by atoms with Crippen molar-refractivity contribution in [2.24, 2.45) is 0 Å². The SMILES string of the molecule is CN1CCN(Cc2ccc(F)cc2)CC1.O=C(O)C(=O)O. The molecular formula is C14H19FN2O4. The molecule has 0 spiro atoms. The highest BCUT2D eigenvalue weighted by atomic mass is 19.1. The lowest BCUT2D eigenvalue weighted by Crippen LogP contribution is -2.43.